The summed E-state index contributed by atoms with van der Waals surface area (Å²) in [5.74, 6) is 2.55. The molecule has 1 aromatic rings. The molecule has 0 aromatic heterocycles. The van der Waals surface area contributed by atoms with E-state index in [1.165, 1.54) is 10.5 Å². The number of fused-ring (bicyclic) bond motifs is 1. The van der Waals surface area contributed by atoms with Crippen LogP contribution in [-0.2, 0) is 0 Å². The average molecular weight is 195 g/mol. The number of methoxy groups -OCH3 is 1. The van der Waals surface area contributed by atoms with E-state index in [4.69, 9.17) is 10.5 Å². The van der Waals surface area contributed by atoms with E-state index >= 15 is 0 Å². The van der Waals surface area contributed by atoms with Crippen molar-refractivity contribution in [1.82, 2.24) is 0 Å². The Balaban J connectivity index is 2.37. The van der Waals surface area contributed by atoms with E-state index < -0.39 is 0 Å². The quantitative estimate of drug-likeness (QED) is 0.782. The summed E-state index contributed by atoms with van der Waals surface area (Å²) in [6, 6.07) is 6.23. The molecule has 1 unspecified atom stereocenters. The highest BCUT2D eigenvalue weighted by atomic mass is 32.2. The molecule has 0 saturated carbocycles. The summed E-state index contributed by atoms with van der Waals surface area (Å²) < 4.78 is 5.18. The molecule has 0 fully saturated rings. The van der Waals surface area contributed by atoms with Crippen LogP contribution < -0.4 is 10.5 Å². The summed E-state index contributed by atoms with van der Waals surface area (Å²) in [5, 5.41) is 0. The molecule has 0 radical (unpaired) electrons. The maximum Gasteiger partial charge on any atom is 0.119 e. The van der Waals surface area contributed by atoms with Crippen molar-refractivity contribution in [3.05, 3.63) is 23.8 Å². The van der Waals surface area contributed by atoms with Gasteiger partial charge in [0.15, 0.2) is 0 Å². The average Bonchev–Trinajstić information content (AvgIpc) is 2.59. The van der Waals surface area contributed by atoms with Gasteiger partial charge in [-0.15, -0.1) is 11.8 Å². The minimum absolute atomic E-state index is 0.509. The van der Waals surface area contributed by atoms with Crippen LogP contribution >= 0.6 is 11.8 Å². The van der Waals surface area contributed by atoms with Crippen LogP contribution in [0.5, 0.6) is 5.75 Å². The number of thioether (sulfide) groups is 1. The van der Waals surface area contributed by atoms with Gasteiger partial charge in [0.25, 0.3) is 0 Å². The van der Waals surface area contributed by atoms with E-state index in [2.05, 4.69) is 12.1 Å². The van der Waals surface area contributed by atoms with Crippen molar-refractivity contribution in [1.29, 1.82) is 0 Å². The Kier molecular flexibility index (Phi) is 2.47. The maximum absolute atomic E-state index is 5.69. The Morgan fingerprint density at radius 3 is 3.15 bits per heavy atom. The van der Waals surface area contributed by atoms with Crippen molar-refractivity contribution in [2.24, 2.45) is 5.73 Å². The Bertz CT molecular complexity index is 314. The van der Waals surface area contributed by atoms with Crippen LogP contribution in [0.4, 0.5) is 0 Å². The summed E-state index contributed by atoms with van der Waals surface area (Å²) in [4.78, 5) is 1.36. The van der Waals surface area contributed by atoms with Crippen molar-refractivity contribution in [3.8, 4) is 5.75 Å². The van der Waals surface area contributed by atoms with Gasteiger partial charge in [-0.05, 0) is 23.8 Å². The lowest BCUT2D eigenvalue weighted by atomic mass is 10.0. The fourth-order valence-corrected chi connectivity index (χ4v) is 2.83. The molecule has 70 valence electrons. The number of rotatable bonds is 2. The van der Waals surface area contributed by atoms with Gasteiger partial charge in [0, 0.05) is 23.1 Å². The van der Waals surface area contributed by atoms with Gasteiger partial charge in [-0.25, -0.2) is 0 Å². The predicted molar refractivity (Wildman–Crippen MR) is 55.5 cm³/mol. The molecule has 2 rings (SSSR count). The number of ether oxygens (including phenoxy) is 1. The summed E-state index contributed by atoms with van der Waals surface area (Å²) >= 11 is 1.88. The lowest BCUT2D eigenvalue weighted by Crippen LogP contribution is -2.11. The van der Waals surface area contributed by atoms with E-state index in [9.17, 15) is 0 Å². The van der Waals surface area contributed by atoms with Crippen LogP contribution in [0, 0.1) is 0 Å². The van der Waals surface area contributed by atoms with E-state index in [-0.39, 0.29) is 0 Å². The van der Waals surface area contributed by atoms with Crippen molar-refractivity contribution in [2.45, 2.75) is 10.8 Å². The first-order chi connectivity index (χ1) is 6.35. The third-order valence-electron chi connectivity index (χ3n) is 2.38. The highest BCUT2D eigenvalue weighted by Crippen LogP contribution is 2.40. The van der Waals surface area contributed by atoms with Crippen molar-refractivity contribution in [3.63, 3.8) is 0 Å². The maximum atomic E-state index is 5.69. The molecule has 2 nitrogen and oxygen atoms in total. The fraction of sp³-hybridized carbons (Fsp3) is 0.400. The number of nitrogens with two attached hydrogens (primary N) is 1. The van der Waals surface area contributed by atoms with Crippen LogP contribution in [-0.4, -0.2) is 19.4 Å². The third kappa shape index (κ3) is 1.54. The fourth-order valence-electron chi connectivity index (χ4n) is 1.58. The molecular formula is C10H13NOS. The summed E-state index contributed by atoms with van der Waals surface area (Å²) in [5.41, 5.74) is 7.04. The topological polar surface area (TPSA) is 35.2 Å². The second-order valence-corrected chi connectivity index (χ2v) is 4.21. The standard InChI is InChI=1S/C10H13NOS/c1-12-8-2-3-10-9(4-8)7(5-11)6-13-10/h2-4,7H,5-6,11H2,1H3. The van der Waals surface area contributed by atoms with Gasteiger partial charge in [-0.1, -0.05) is 0 Å². The molecule has 13 heavy (non-hydrogen) atoms. The van der Waals surface area contributed by atoms with Gasteiger partial charge in [-0.2, -0.15) is 0 Å². The molecule has 1 aromatic carbocycles. The van der Waals surface area contributed by atoms with Crippen LogP contribution in [0.15, 0.2) is 23.1 Å². The van der Waals surface area contributed by atoms with E-state index in [0.29, 0.717) is 5.92 Å². The van der Waals surface area contributed by atoms with Crippen molar-refractivity contribution < 1.29 is 4.74 Å². The molecule has 3 heteroatoms. The summed E-state index contributed by atoms with van der Waals surface area (Å²) in [6.45, 7) is 0.729. The van der Waals surface area contributed by atoms with Gasteiger partial charge < -0.3 is 10.5 Å². The molecular weight excluding hydrogens is 182 g/mol. The second kappa shape index (κ2) is 3.60. The first kappa shape index (κ1) is 8.91. The second-order valence-electron chi connectivity index (χ2n) is 3.15. The number of hydrogen-bond donors (Lipinski definition) is 1. The van der Waals surface area contributed by atoms with Crippen molar-refractivity contribution in [2.75, 3.05) is 19.4 Å². The molecule has 0 amide bonds. The van der Waals surface area contributed by atoms with E-state index in [0.717, 1.165) is 18.0 Å². The monoisotopic (exact) mass is 195 g/mol. The lowest BCUT2D eigenvalue weighted by molar-refractivity contribution is 0.413. The summed E-state index contributed by atoms with van der Waals surface area (Å²) in [6.07, 6.45) is 0. The van der Waals surface area contributed by atoms with Gasteiger partial charge >= 0.3 is 0 Å². The van der Waals surface area contributed by atoms with Gasteiger partial charge in [0.2, 0.25) is 0 Å². The molecule has 1 aliphatic rings. The Morgan fingerprint density at radius 1 is 1.62 bits per heavy atom. The highest BCUT2D eigenvalue weighted by molar-refractivity contribution is 7.99. The number of hydrogen-bond acceptors (Lipinski definition) is 3. The van der Waals surface area contributed by atoms with E-state index in [1.54, 1.807) is 7.11 Å². The first-order valence-corrected chi connectivity index (χ1v) is 5.34. The smallest absolute Gasteiger partial charge is 0.119 e. The molecule has 1 atom stereocenters. The number of benzene rings is 1. The van der Waals surface area contributed by atoms with Gasteiger partial charge in [0.1, 0.15) is 5.75 Å². The van der Waals surface area contributed by atoms with Crippen LogP contribution in [0.2, 0.25) is 0 Å². The third-order valence-corrected chi connectivity index (χ3v) is 3.63. The molecule has 1 aliphatic heterocycles. The first-order valence-electron chi connectivity index (χ1n) is 4.36. The zero-order valence-electron chi connectivity index (χ0n) is 7.62. The summed E-state index contributed by atoms with van der Waals surface area (Å²) in [7, 11) is 1.70. The SMILES string of the molecule is COc1ccc2c(c1)C(CN)CS2. The largest absolute Gasteiger partial charge is 0.497 e. The van der Waals surface area contributed by atoms with E-state index in [1.807, 2.05) is 17.8 Å². The molecule has 0 saturated heterocycles. The molecule has 0 spiro atoms. The Morgan fingerprint density at radius 2 is 2.46 bits per heavy atom. The molecule has 1 heterocycles. The molecule has 0 aliphatic carbocycles. The minimum atomic E-state index is 0.509. The molecule has 2 N–H and O–H groups in total. The zero-order valence-corrected chi connectivity index (χ0v) is 8.43. The normalized spacial score (nSPS) is 20.0. The predicted octanol–water partition coefficient (Wildman–Crippen LogP) is 1.84. The van der Waals surface area contributed by atoms with Crippen LogP contribution in [0.1, 0.15) is 11.5 Å². The highest BCUT2D eigenvalue weighted by Gasteiger charge is 2.21. The Labute approximate surface area is 82.5 Å². The minimum Gasteiger partial charge on any atom is -0.497 e. The van der Waals surface area contributed by atoms with Crippen molar-refractivity contribution >= 4 is 11.8 Å². The Hall–Kier alpha value is -0.670. The lowest BCUT2D eigenvalue weighted by Gasteiger charge is -2.08. The zero-order chi connectivity index (χ0) is 9.26. The molecule has 0 bridgehead atoms. The van der Waals surface area contributed by atoms with Crippen LogP contribution in [0.25, 0.3) is 0 Å². The van der Waals surface area contributed by atoms with Crippen LogP contribution in [0.3, 0.4) is 0 Å². The van der Waals surface area contributed by atoms with Gasteiger partial charge in [0.05, 0.1) is 7.11 Å². The van der Waals surface area contributed by atoms with Gasteiger partial charge in [-0.3, -0.25) is 0 Å².